The Morgan fingerprint density at radius 3 is 2.00 bits per heavy atom. The SMILES string of the molecule is CC1CCC(C2CCC3CCC(F)C(F)C3C2)CC1. The summed E-state index contributed by atoms with van der Waals surface area (Å²) < 4.78 is 27.7. The number of hydrogen-bond acceptors (Lipinski definition) is 0. The second-order valence-corrected chi connectivity index (χ2v) is 7.55. The second-order valence-electron chi connectivity index (χ2n) is 7.55. The van der Waals surface area contributed by atoms with Crippen LogP contribution in [-0.2, 0) is 0 Å². The van der Waals surface area contributed by atoms with Gasteiger partial charge in [-0.05, 0) is 74.5 Å². The van der Waals surface area contributed by atoms with Gasteiger partial charge in [-0.3, -0.25) is 0 Å². The van der Waals surface area contributed by atoms with Gasteiger partial charge in [0.25, 0.3) is 0 Å². The normalized spacial score (nSPS) is 51.6. The fourth-order valence-corrected chi connectivity index (χ4v) is 5.04. The number of hydrogen-bond donors (Lipinski definition) is 0. The molecule has 0 aromatic heterocycles. The predicted octanol–water partition coefficient (Wildman–Crippen LogP) is 5.32. The smallest absolute Gasteiger partial charge is 0.134 e. The third-order valence-corrected chi connectivity index (χ3v) is 6.38. The van der Waals surface area contributed by atoms with Crippen molar-refractivity contribution in [3.05, 3.63) is 0 Å². The standard InChI is InChI=1S/C17H28F2/c1-11-2-4-12(5-3-11)14-7-6-13-8-9-16(18)17(19)15(13)10-14/h11-17H,2-10H2,1H3. The van der Waals surface area contributed by atoms with Crippen LogP contribution >= 0.6 is 0 Å². The third-order valence-electron chi connectivity index (χ3n) is 6.38. The minimum atomic E-state index is -1.17. The largest absolute Gasteiger partial charge is 0.244 e. The molecule has 0 aliphatic heterocycles. The molecule has 0 amide bonds. The summed E-state index contributed by atoms with van der Waals surface area (Å²) in [6.07, 6.45) is 7.84. The fraction of sp³-hybridized carbons (Fsp3) is 1.00. The molecule has 0 nitrogen and oxygen atoms in total. The minimum Gasteiger partial charge on any atom is -0.244 e. The van der Waals surface area contributed by atoms with Crippen LogP contribution in [0.1, 0.15) is 64.7 Å². The predicted molar refractivity (Wildman–Crippen MR) is 74.5 cm³/mol. The van der Waals surface area contributed by atoms with Crippen molar-refractivity contribution >= 4 is 0 Å². The van der Waals surface area contributed by atoms with Crippen molar-refractivity contribution in [3.8, 4) is 0 Å². The molecule has 0 N–H and O–H groups in total. The maximum absolute atomic E-state index is 14.1. The first-order chi connectivity index (χ1) is 9.15. The Morgan fingerprint density at radius 2 is 1.26 bits per heavy atom. The summed E-state index contributed by atoms with van der Waals surface area (Å²) in [7, 11) is 0. The van der Waals surface area contributed by atoms with Crippen molar-refractivity contribution in [3.63, 3.8) is 0 Å². The first-order valence-corrected chi connectivity index (χ1v) is 8.43. The van der Waals surface area contributed by atoms with Gasteiger partial charge in [-0.15, -0.1) is 0 Å². The first kappa shape index (κ1) is 13.8. The highest BCUT2D eigenvalue weighted by Gasteiger charge is 2.44. The van der Waals surface area contributed by atoms with E-state index in [-0.39, 0.29) is 5.92 Å². The molecular formula is C17H28F2. The maximum Gasteiger partial charge on any atom is 0.134 e. The van der Waals surface area contributed by atoms with Crippen LogP contribution in [0.4, 0.5) is 8.78 Å². The molecular weight excluding hydrogens is 242 g/mol. The molecule has 5 unspecified atom stereocenters. The Hall–Kier alpha value is -0.140. The summed E-state index contributed by atoms with van der Waals surface area (Å²) in [6.45, 7) is 2.35. The van der Waals surface area contributed by atoms with Gasteiger partial charge < -0.3 is 0 Å². The highest BCUT2D eigenvalue weighted by molar-refractivity contribution is 4.94. The van der Waals surface area contributed by atoms with Crippen molar-refractivity contribution in [1.82, 2.24) is 0 Å². The molecule has 2 heteroatoms. The van der Waals surface area contributed by atoms with Gasteiger partial charge in [-0.25, -0.2) is 8.78 Å². The van der Waals surface area contributed by atoms with Crippen molar-refractivity contribution in [1.29, 1.82) is 0 Å². The third kappa shape index (κ3) is 2.83. The van der Waals surface area contributed by atoms with Crippen molar-refractivity contribution in [2.24, 2.45) is 29.6 Å². The van der Waals surface area contributed by atoms with E-state index in [1.165, 1.54) is 32.1 Å². The van der Waals surface area contributed by atoms with E-state index in [0.29, 0.717) is 18.3 Å². The van der Waals surface area contributed by atoms with Crippen molar-refractivity contribution in [2.45, 2.75) is 77.1 Å². The van der Waals surface area contributed by atoms with Crippen LogP contribution in [0.5, 0.6) is 0 Å². The van der Waals surface area contributed by atoms with Crippen molar-refractivity contribution in [2.75, 3.05) is 0 Å². The van der Waals surface area contributed by atoms with Crippen LogP contribution in [0.2, 0.25) is 0 Å². The molecule has 0 spiro atoms. The molecule has 0 radical (unpaired) electrons. The number of fused-ring (bicyclic) bond motifs is 1. The quantitative estimate of drug-likeness (QED) is 0.605. The number of alkyl halides is 2. The summed E-state index contributed by atoms with van der Waals surface area (Å²) >= 11 is 0. The van der Waals surface area contributed by atoms with Gasteiger partial charge in [0, 0.05) is 0 Å². The van der Waals surface area contributed by atoms with E-state index < -0.39 is 12.3 Å². The lowest BCUT2D eigenvalue weighted by atomic mass is 9.62. The van der Waals surface area contributed by atoms with Crippen LogP contribution < -0.4 is 0 Å². The summed E-state index contributed by atoms with van der Waals surface area (Å²) in [5.41, 5.74) is 0. The Kier molecular flexibility index (Phi) is 4.14. The molecule has 3 aliphatic rings. The molecule has 110 valence electrons. The van der Waals surface area contributed by atoms with Gasteiger partial charge in [0.05, 0.1) is 0 Å². The molecule has 5 atom stereocenters. The van der Waals surface area contributed by atoms with Gasteiger partial charge in [-0.2, -0.15) is 0 Å². The van der Waals surface area contributed by atoms with Crippen molar-refractivity contribution < 1.29 is 8.78 Å². The lowest BCUT2D eigenvalue weighted by Crippen LogP contribution is -2.42. The highest BCUT2D eigenvalue weighted by atomic mass is 19.2. The summed E-state index contributed by atoms with van der Waals surface area (Å²) in [4.78, 5) is 0. The van der Waals surface area contributed by atoms with Gasteiger partial charge in [0.2, 0.25) is 0 Å². The molecule has 3 aliphatic carbocycles. The second kappa shape index (κ2) is 5.69. The summed E-state index contributed by atoms with van der Waals surface area (Å²) in [5.74, 6) is 2.91. The van der Waals surface area contributed by atoms with Gasteiger partial charge in [0.15, 0.2) is 0 Å². The molecule has 0 aromatic rings. The van der Waals surface area contributed by atoms with Crippen LogP contribution in [0.3, 0.4) is 0 Å². The number of rotatable bonds is 1. The molecule has 3 saturated carbocycles. The average Bonchev–Trinajstić information content (AvgIpc) is 2.44. The van der Waals surface area contributed by atoms with Gasteiger partial charge in [0.1, 0.15) is 12.3 Å². The first-order valence-electron chi connectivity index (χ1n) is 8.43. The van der Waals surface area contributed by atoms with E-state index >= 15 is 0 Å². The van der Waals surface area contributed by atoms with Crippen LogP contribution in [0.15, 0.2) is 0 Å². The molecule has 3 rings (SSSR count). The Bertz CT molecular complexity index is 294. The minimum absolute atomic E-state index is 0.0434. The maximum atomic E-state index is 14.1. The molecule has 3 fully saturated rings. The van der Waals surface area contributed by atoms with Crippen LogP contribution in [0.25, 0.3) is 0 Å². The molecule has 19 heavy (non-hydrogen) atoms. The van der Waals surface area contributed by atoms with Gasteiger partial charge >= 0.3 is 0 Å². The van der Waals surface area contributed by atoms with E-state index in [9.17, 15) is 8.78 Å². The Labute approximate surface area is 116 Å². The van der Waals surface area contributed by atoms with Crippen LogP contribution in [0, 0.1) is 29.6 Å². The molecule has 0 heterocycles. The zero-order valence-electron chi connectivity index (χ0n) is 12.2. The molecule has 0 bridgehead atoms. The van der Waals surface area contributed by atoms with E-state index in [0.717, 1.165) is 31.1 Å². The van der Waals surface area contributed by atoms with Gasteiger partial charge in [-0.1, -0.05) is 19.8 Å². The van der Waals surface area contributed by atoms with Crippen LogP contribution in [-0.4, -0.2) is 12.3 Å². The lowest BCUT2D eigenvalue weighted by molar-refractivity contribution is -0.0194. The summed E-state index contributed by atoms with van der Waals surface area (Å²) in [5, 5.41) is 0. The van der Waals surface area contributed by atoms with E-state index in [1.807, 2.05) is 0 Å². The molecule has 0 saturated heterocycles. The average molecular weight is 270 g/mol. The zero-order valence-corrected chi connectivity index (χ0v) is 12.2. The topological polar surface area (TPSA) is 0 Å². The van der Waals surface area contributed by atoms with E-state index in [2.05, 4.69) is 6.92 Å². The fourth-order valence-electron chi connectivity index (χ4n) is 5.04. The monoisotopic (exact) mass is 270 g/mol. The van der Waals surface area contributed by atoms with E-state index in [1.54, 1.807) is 0 Å². The lowest BCUT2D eigenvalue weighted by Gasteiger charge is -2.45. The Morgan fingerprint density at radius 1 is 0.684 bits per heavy atom. The Balaban J connectivity index is 1.60. The van der Waals surface area contributed by atoms with E-state index in [4.69, 9.17) is 0 Å². The zero-order chi connectivity index (χ0) is 13.4. The number of halogens is 2. The molecule has 0 aromatic carbocycles. The summed E-state index contributed by atoms with van der Waals surface area (Å²) in [6, 6.07) is 0. The highest BCUT2D eigenvalue weighted by Crippen LogP contribution is 2.49.